The van der Waals surface area contributed by atoms with Gasteiger partial charge in [0, 0.05) is 37.2 Å². The third kappa shape index (κ3) is 3.11. The molecule has 1 N–H and O–H groups in total. The zero-order valence-electron chi connectivity index (χ0n) is 11.7. The van der Waals surface area contributed by atoms with Crippen LogP contribution in [0.2, 0.25) is 0 Å². The van der Waals surface area contributed by atoms with E-state index in [0.717, 1.165) is 29.8 Å². The Morgan fingerprint density at radius 2 is 2.19 bits per heavy atom. The number of aromatic nitrogens is 4. The standard InChI is InChI=1S/C13H17N5O2S/c1-21(19,20)18-5-2-10(9-18)6-12-13(15-4-3-14-12)11-7-16-17-8-11/h3-4,7-8,10H,2,5-6,9H2,1H3,(H,16,17)/t10-/m0/s1. The van der Waals surface area contributed by atoms with Gasteiger partial charge < -0.3 is 0 Å². The Kier molecular flexibility index (Phi) is 3.73. The molecule has 2 aromatic heterocycles. The van der Waals surface area contributed by atoms with Crippen molar-refractivity contribution in [2.45, 2.75) is 12.8 Å². The lowest BCUT2D eigenvalue weighted by Crippen LogP contribution is -2.27. The largest absolute Gasteiger partial charge is 0.285 e. The molecule has 1 aliphatic heterocycles. The number of rotatable bonds is 4. The molecule has 2 aromatic rings. The van der Waals surface area contributed by atoms with Crippen molar-refractivity contribution < 1.29 is 8.42 Å². The quantitative estimate of drug-likeness (QED) is 0.897. The third-order valence-electron chi connectivity index (χ3n) is 3.75. The molecule has 3 heterocycles. The topological polar surface area (TPSA) is 91.8 Å². The second kappa shape index (κ2) is 5.53. The number of aromatic amines is 1. The Balaban J connectivity index is 1.78. The van der Waals surface area contributed by atoms with E-state index in [0.29, 0.717) is 13.1 Å². The number of nitrogens with one attached hydrogen (secondary N) is 1. The molecule has 7 nitrogen and oxygen atoms in total. The van der Waals surface area contributed by atoms with Crippen molar-refractivity contribution in [1.29, 1.82) is 0 Å². The molecular formula is C13H17N5O2S. The van der Waals surface area contributed by atoms with Crippen molar-refractivity contribution >= 4 is 10.0 Å². The van der Waals surface area contributed by atoms with Crippen LogP contribution in [0.3, 0.4) is 0 Å². The third-order valence-corrected chi connectivity index (χ3v) is 5.01. The van der Waals surface area contributed by atoms with Gasteiger partial charge in [-0.05, 0) is 18.8 Å². The fourth-order valence-electron chi connectivity index (χ4n) is 2.68. The van der Waals surface area contributed by atoms with Gasteiger partial charge in [0.1, 0.15) is 0 Å². The van der Waals surface area contributed by atoms with Gasteiger partial charge in [-0.1, -0.05) is 0 Å². The monoisotopic (exact) mass is 307 g/mol. The van der Waals surface area contributed by atoms with Gasteiger partial charge in [-0.3, -0.25) is 15.1 Å². The Morgan fingerprint density at radius 3 is 2.86 bits per heavy atom. The van der Waals surface area contributed by atoms with Gasteiger partial charge in [0.05, 0.1) is 23.8 Å². The number of nitrogens with zero attached hydrogens (tertiary/aromatic N) is 4. The predicted molar refractivity (Wildman–Crippen MR) is 77.8 cm³/mol. The first-order valence-corrected chi connectivity index (χ1v) is 8.63. The molecule has 21 heavy (non-hydrogen) atoms. The molecule has 8 heteroatoms. The van der Waals surface area contributed by atoms with E-state index < -0.39 is 10.0 Å². The first-order chi connectivity index (χ1) is 10.0. The summed E-state index contributed by atoms with van der Waals surface area (Å²) in [5, 5.41) is 6.71. The van der Waals surface area contributed by atoms with Crippen LogP contribution in [0, 0.1) is 5.92 Å². The molecule has 112 valence electrons. The van der Waals surface area contributed by atoms with Gasteiger partial charge in [0.25, 0.3) is 0 Å². The van der Waals surface area contributed by atoms with Crippen molar-refractivity contribution in [2.24, 2.45) is 5.92 Å². The van der Waals surface area contributed by atoms with Crippen LogP contribution in [0.1, 0.15) is 12.1 Å². The number of H-pyrrole nitrogens is 1. The second-order valence-corrected chi connectivity index (χ2v) is 7.30. The zero-order chi connectivity index (χ0) is 14.9. The normalized spacial score (nSPS) is 20.0. The first kappa shape index (κ1) is 14.2. The maximum Gasteiger partial charge on any atom is 0.211 e. The van der Waals surface area contributed by atoms with Crippen LogP contribution < -0.4 is 0 Å². The van der Waals surface area contributed by atoms with E-state index in [1.165, 1.54) is 10.6 Å². The fraction of sp³-hybridized carbons (Fsp3) is 0.462. The molecule has 0 saturated carbocycles. The van der Waals surface area contributed by atoms with Crippen molar-refractivity contribution in [3.63, 3.8) is 0 Å². The molecule has 0 unspecified atom stereocenters. The van der Waals surface area contributed by atoms with Crippen LogP contribution in [0.4, 0.5) is 0 Å². The smallest absolute Gasteiger partial charge is 0.211 e. The maximum absolute atomic E-state index is 11.6. The molecule has 1 atom stereocenters. The van der Waals surface area contributed by atoms with Gasteiger partial charge in [-0.2, -0.15) is 5.10 Å². The number of hydrogen-bond acceptors (Lipinski definition) is 5. The molecule has 3 rings (SSSR count). The molecular weight excluding hydrogens is 290 g/mol. The number of hydrogen-bond donors (Lipinski definition) is 1. The average Bonchev–Trinajstić information content (AvgIpc) is 3.09. The summed E-state index contributed by atoms with van der Waals surface area (Å²) in [6.45, 7) is 1.14. The molecule has 0 amide bonds. The maximum atomic E-state index is 11.6. The highest BCUT2D eigenvalue weighted by atomic mass is 32.2. The van der Waals surface area contributed by atoms with Crippen LogP contribution in [0.25, 0.3) is 11.3 Å². The van der Waals surface area contributed by atoms with E-state index in [4.69, 9.17) is 0 Å². The van der Waals surface area contributed by atoms with E-state index in [1.807, 2.05) is 0 Å². The van der Waals surface area contributed by atoms with E-state index in [2.05, 4.69) is 20.2 Å². The minimum atomic E-state index is -3.10. The van der Waals surface area contributed by atoms with E-state index in [-0.39, 0.29) is 5.92 Å². The van der Waals surface area contributed by atoms with Crippen molar-refractivity contribution in [3.05, 3.63) is 30.5 Å². The summed E-state index contributed by atoms with van der Waals surface area (Å²) in [6, 6.07) is 0. The lowest BCUT2D eigenvalue weighted by atomic mass is 10.00. The minimum absolute atomic E-state index is 0.280. The zero-order valence-corrected chi connectivity index (χ0v) is 12.5. The van der Waals surface area contributed by atoms with Crippen molar-refractivity contribution in [3.8, 4) is 11.3 Å². The number of sulfonamides is 1. The van der Waals surface area contributed by atoms with E-state index in [1.54, 1.807) is 24.8 Å². The fourth-order valence-corrected chi connectivity index (χ4v) is 3.59. The molecule has 1 aliphatic rings. The van der Waals surface area contributed by atoms with Crippen LogP contribution in [0.5, 0.6) is 0 Å². The highest BCUT2D eigenvalue weighted by Crippen LogP contribution is 2.26. The van der Waals surface area contributed by atoms with Crippen LogP contribution >= 0.6 is 0 Å². The summed E-state index contributed by atoms with van der Waals surface area (Å²) < 4.78 is 24.7. The molecule has 0 radical (unpaired) electrons. The van der Waals surface area contributed by atoms with Gasteiger partial charge >= 0.3 is 0 Å². The Labute approximate surface area is 123 Å². The molecule has 1 saturated heterocycles. The van der Waals surface area contributed by atoms with Gasteiger partial charge in [0.15, 0.2) is 0 Å². The van der Waals surface area contributed by atoms with E-state index >= 15 is 0 Å². The highest BCUT2D eigenvalue weighted by Gasteiger charge is 2.29. The van der Waals surface area contributed by atoms with E-state index in [9.17, 15) is 8.42 Å². The summed E-state index contributed by atoms with van der Waals surface area (Å²) in [5.74, 6) is 0.280. The summed E-state index contributed by atoms with van der Waals surface area (Å²) >= 11 is 0. The Bertz CT molecular complexity index is 714. The minimum Gasteiger partial charge on any atom is -0.285 e. The summed E-state index contributed by atoms with van der Waals surface area (Å²) in [7, 11) is -3.10. The summed E-state index contributed by atoms with van der Waals surface area (Å²) in [4.78, 5) is 8.79. The predicted octanol–water partition coefficient (Wildman–Crippen LogP) is 0.691. The van der Waals surface area contributed by atoms with Crippen molar-refractivity contribution in [2.75, 3.05) is 19.3 Å². The second-order valence-electron chi connectivity index (χ2n) is 5.32. The lowest BCUT2D eigenvalue weighted by Gasteiger charge is -2.13. The van der Waals surface area contributed by atoms with Gasteiger partial charge in [-0.25, -0.2) is 12.7 Å². The SMILES string of the molecule is CS(=O)(=O)N1CC[C@@H](Cc2nccnc2-c2cn[nH]c2)C1. The Hall–Kier alpha value is -1.80. The van der Waals surface area contributed by atoms with Gasteiger partial charge in [-0.15, -0.1) is 0 Å². The van der Waals surface area contributed by atoms with Crippen LogP contribution in [-0.2, 0) is 16.4 Å². The molecule has 0 aromatic carbocycles. The summed E-state index contributed by atoms with van der Waals surface area (Å²) in [6.07, 6.45) is 9.66. The van der Waals surface area contributed by atoms with Crippen LogP contribution in [0.15, 0.2) is 24.8 Å². The van der Waals surface area contributed by atoms with Gasteiger partial charge in [0.2, 0.25) is 10.0 Å². The average molecular weight is 307 g/mol. The molecule has 1 fully saturated rings. The molecule has 0 aliphatic carbocycles. The molecule has 0 bridgehead atoms. The lowest BCUT2D eigenvalue weighted by molar-refractivity contribution is 0.459. The van der Waals surface area contributed by atoms with Crippen LogP contribution in [-0.4, -0.2) is 52.2 Å². The Morgan fingerprint density at radius 1 is 1.38 bits per heavy atom. The summed E-state index contributed by atoms with van der Waals surface area (Å²) in [5.41, 5.74) is 2.60. The van der Waals surface area contributed by atoms with Crippen molar-refractivity contribution in [1.82, 2.24) is 24.5 Å². The molecule has 0 spiro atoms. The first-order valence-electron chi connectivity index (χ1n) is 6.78. The highest BCUT2D eigenvalue weighted by molar-refractivity contribution is 7.88.